The minimum absolute atomic E-state index is 0.0879. The van der Waals surface area contributed by atoms with Gasteiger partial charge in [0, 0.05) is 35.0 Å². The summed E-state index contributed by atoms with van der Waals surface area (Å²) in [5.74, 6) is -0.0879. The molecule has 0 unspecified atom stereocenters. The van der Waals surface area contributed by atoms with Crippen LogP contribution in [0.2, 0.25) is 0 Å². The number of benzene rings is 2. The SMILES string of the molecule is NCc1ccc2c(c1)C(=Cc1ccnc3ccccc13)C(=O)N2. The summed E-state index contributed by atoms with van der Waals surface area (Å²) in [6, 6.07) is 15.6. The van der Waals surface area contributed by atoms with E-state index in [-0.39, 0.29) is 5.91 Å². The maximum absolute atomic E-state index is 12.3. The molecule has 0 atom stereocenters. The Bertz CT molecular complexity index is 954. The summed E-state index contributed by atoms with van der Waals surface area (Å²) in [6.07, 6.45) is 3.68. The predicted molar refractivity (Wildman–Crippen MR) is 92.6 cm³/mol. The van der Waals surface area contributed by atoms with E-state index in [2.05, 4.69) is 10.3 Å². The van der Waals surface area contributed by atoms with Gasteiger partial charge in [-0.3, -0.25) is 9.78 Å². The molecule has 23 heavy (non-hydrogen) atoms. The second kappa shape index (κ2) is 5.34. The smallest absolute Gasteiger partial charge is 0.256 e. The van der Waals surface area contributed by atoms with E-state index in [1.807, 2.05) is 54.6 Å². The van der Waals surface area contributed by atoms with Gasteiger partial charge in [-0.05, 0) is 41.5 Å². The first-order valence-electron chi connectivity index (χ1n) is 7.46. The van der Waals surface area contributed by atoms with Gasteiger partial charge >= 0.3 is 0 Å². The van der Waals surface area contributed by atoms with Crippen molar-refractivity contribution in [3.63, 3.8) is 0 Å². The molecule has 0 spiro atoms. The zero-order valence-electron chi connectivity index (χ0n) is 12.4. The maximum atomic E-state index is 12.3. The van der Waals surface area contributed by atoms with E-state index in [1.165, 1.54) is 0 Å². The Kier molecular flexibility index (Phi) is 3.17. The van der Waals surface area contributed by atoms with Crippen LogP contribution >= 0.6 is 0 Å². The highest BCUT2D eigenvalue weighted by Gasteiger charge is 2.24. The Labute approximate surface area is 133 Å². The van der Waals surface area contributed by atoms with Crippen LogP contribution in [0.1, 0.15) is 16.7 Å². The highest BCUT2D eigenvalue weighted by Crippen LogP contribution is 2.34. The van der Waals surface area contributed by atoms with Crippen LogP contribution in [0.5, 0.6) is 0 Å². The topological polar surface area (TPSA) is 68.0 Å². The summed E-state index contributed by atoms with van der Waals surface area (Å²) in [7, 11) is 0. The van der Waals surface area contributed by atoms with Crippen molar-refractivity contribution in [3.05, 3.63) is 71.4 Å². The van der Waals surface area contributed by atoms with Gasteiger partial charge in [0.2, 0.25) is 0 Å². The van der Waals surface area contributed by atoms with Gasteiger partial charge in [0.1, 0.15) is 0 Å². The zero-order valence-corrected chi connectivity index (χ0v) is 12.4. The lowest BCUT2D eigenvalue weighted by Crippen LogP contribution is -2.03. The molecule has 2 aromatic carbocycles. The van der Waals surface area contributed by atoms with Crippen LogP contribution in [0.15, 0.2) is 54.7 Å². The van der Waals surface area contributed by atoms with Gasteiger partial charge in [-0.2, -0.15) is 0 Å². The number of nitrogens with zero attached hydrogens (tertiary/aromatic N) is 1. The summed E-state index contributed by atoms with van der Waals surface area (Å²) in [5.41, 5.74) is 11.0. The molecule has 4 heteroatoms. The van der Waals surface area contributed by atoms with Crippen LogP contribution in [0.3, 0.4) is 0 Å². The fraction of sp³-hybridized carbons (Fsp3) is 0.0526. The lowest BCUT2D eigenvalue weighted by Gasteiger charge is -2.04. The Hall–Kier alpha value is -2.98. The Morgan fingerprint density at radius 3 is 2.87 bits per heavy atom. The van der Waals surface area contributed by atoms with Crippen LogP contribution < -0.4 is 11.1 Å². The first-order valence-corrected chi connectivity index (χ1v) is 7.46. The van der Waals surface area contributed by atoms with Crippen LogP contribution in [0.4, 0.5) is 5.69 Å². The third-order valence-electron chi connectivity index (χ3n) is 4.09. The molecule has 3 aromatic rings. The largest absolute Gasteiger partial charge is 0.326 e. The number of fused-ring (bicyclic) bond motifs is 2. The summed E-state index contributed by atoms with van der Waals surface area (Å²) >= 11 is 0. The molecule has 1 aromatic heterocycles. The molecule has 112 valence electrons. The minimum atomic E-state index is -0.0879. The number of para-hydroxylation sites is 1. The number of anilines is 1. The number of rotatable bonds is 2. The van der Waals surface area contributed by atoms with E-state index >= 15 is 0 Å². The third-order valence-corrected chi connectivity index (χ3v) is 4.09. The second-order valence-electron chi connectivity index (χ2n) is 5.51. The van der Waals surface area contributed by atoms with E-state index in [0.29, 0.717) is 12.1 Å². The van der Waals surface area contributed by atoms with Gasteiger partial charge in [-0.15, -0.1) is 0 Å². The average molecular weight is 301 g/mol. The van der Waals surface area contributed by atoms with Crippen LogP contribution in [-0.4, -0.2) is 10.9 Å². The van der Waals surface area contributed by atoms with Crippen molar-refractivity contribution in [2.45, 2.75) is 6.54 Å². The van der Waals surface area contributed by atoms with Gasteiger partial charge in [-0.25, -0.2) is 0 Å². The molecule has 0 saturated heterocycles. The number of nitrogens with two attached hydrogens (primary N) is 1. The molecule has 0 fully saturated rings. The zero-order chi connectivity index (χ0) is 15.8. The monoisotopic (exact) mass is 301 g/mol. The fourth-order valence-electron chi connectivity index (χ4n) is 2.90. The molecule has 1 aliphatic heterocycles. The van der Waals surface area contributed by atoms with Crippen molar-refractivity contribution in [2.75, 3.05) is 5.32 Å². The average Bonchev–Trinajstić information content (AvgIpc) is 2.90. The lowest BCUT2D eigenvalue weighted by atomic mass is 10.00. The standard InChI is InChI=1S/C19H15N3O/c20-11-12-5-6-18-15(9-12)16(19(23)22-18)10-13-7-8-21-17-4-2-1-3-14(13)17/h1-10H,11,20H2,(H,22,23). The Morgan fingerprint density at radius 1 is 1.13 bits per heavy atom. The van der Waals surface area contributed by atoms with E-state index in [9.17, 15) is 4.79 Å². The molecule has 0 bridgehead atoms. The van der Waals surface area contributed by atoms with Gasteiger partial charge < -0.3 is 11.1 Å². The van der Waals surface area contributed by atoms with Crippen molar-refractivity contribution in [2.24, 2.45) is 5.73 Å². The number of aromatic nitrogens is 1. The van der Waals surface area contributed by atoms with Crippen LogP contribution in [0, 0.1) is 0 Å². The third kappa shape index (κ3) is 2.29. The van der Waals surface area contributed by atoms with Crippen molar-refractivity contribution in [1.82, 2.24) is 4.98 Å². The molecule has 4 nitrogen and oxygen atoms in total. The van der Waals surface area contributed by atoms with Gasteiger partial charge in [0.05, 0.1) is 5.52 Å². The second-order valence-corrected chi connectivity index (χ2v) is 5.51. The molecular weight excluding hydrogens is 286 g/mol. The van der Waals surface area contributed by atoms with Gasteiger partial charge in [0.25, 0.3) is 5.91 Å². The van der Waals surface area contributed by atoms with Crippen molar-refractivity contribution < 1.29 is 4.79 Å². The van der Waals surface area contributed by atoms with E-state index in [4.69, 9.17) is 5.73 Å². The Morgan fingerprint density at radius 2 is 2.00 bits per heavy atom. The quantitative estimate of drug-likeness (QED) is 0.714. The Balaban J connectivity index is 1.90. The normalized spacial score (nSPS) is 15.0. The molecule has 0 radical (unpaired) electrons. The van der Waals surface area contributed by atoms with Crippen molar-refractivity contribution in [3.8, 4) is 0 Å². The highest BCUT2D eigenvalue weighted by molar-refractivity contribution is 6.35. The van der Waals surface area contributed by atoms with Crippen molar-refractivity contribution in [1.29, 1.82) is 0 Å². The summed E-state index contributed by atoms with van der Waals surface area (Å²) in [6.45, 7) is 0.451. The molecule has 2 heterocycles. The molecule has 0 saturated carbocycles. The molecule has 0 aliphatic carbocycles. The number of hydrogen-bond acceptors (Lipinski definition) is 3. The van der Waals surface area contributed by atoms with E-state index in [1.54, 1.807) is 6.20 Å². The predicted octanol–water partition coefficient (Wildman–Crippen LogP) is 3.19. The molecule has 4 rings (SSSR count). The number of carbonyl (C=O) groups excluding carboxylic acids is 1. The summed E-state index contributed by atoms with van der Waals surface area (Å²) in [5, 5.41) is 3.93. The maximum Gasteiger partial charge on any atom is 0.256 e. The molecule has 3 N–H and O–H groups in total. The number of amides is 1. The van der Waals surface area contributed by atoms with E-state index < -0.39 is 0 Å². The molecule has 1 amide bonds. The number of hydrogen-bond donors (Lipinski definition) is 2. The number of carbonyl (C=O) groups is 1. The first-order chi connectivity index (χ1) is 11.3. The first kappa shape index (κ1) is 13.7. The molecule has 1 aliphatic rings. The van der Waals surface area contributed by atoms with Gasteiger partial charge in [-0.1, -0.05) is 24.3 Å². The van der Waals surface area contributed by atoms with Gasteiger partial charge in [0.15, 0.2) is 0 Å². The summed E-state index contributed by atoms with van der Waals surface area (Å²) < 4.78 is 0. The van der Waals surface area contributed by atoms with E-state index in [0.717, 1.165) is 33.3 Å². The minimum Gasteiger partial charge on any atom is -0.326 e. The molecular formula is C19H15N3O. The number of nitrogens with one attached hydrogen (secondary N) is 1. The highest BCUT2D eigenvalue weighted by atomic mass is 16.2. The van der Waals surface area contributed by atoms with Crippen LogP contribution in [0.25, 0.3) is 22.6 Å². The van der Waals surface area contributed by atoms with Crippen molar-refractivity contribution >= 4 is 34.1 Å². The fourth-order valence-corrected chi connectivity index (χ4v) is 2.90. The summed E-state index contributed by atoms with van der Waals surface area (Å²) in [4.78, 5) is 16.7. The lowest BCUT2D eigenvalue weighted by molar-refractivity contribution is -0.110. The number of pyridine rings is 1. The van der Waals surface area contributed by atoms with Crippen LogP contribution in [-0.2, 0) is 11.3 Å².